The third-order valence-electron chi connectivity index (χ3n) is 2.00. The van der Waals surface area contributed by atoms with Crippen molar-refractivity contribution in [1.29, 1.82) is 0 Å². The van der Waals surface area contributed by atoms with Gasteiger partial charge in [0.25, 0.3) is 0 Å². The van der Waals surface area contributed by atoms with Gasteiger partial charge in [0.15, 0.2) is 0 Å². The molecule has 0 aliphatic rings. The highest BCUT2D eigenvalue weighted by atomic mass is 16.1. The molecule has 0 aromatic rings. The van der Waals surface area contributed by atoms with Crippen LogP contribution in [0.4, 0.5) is 0 Å². The first kappa shape index (κ1) is 13.2. The summed E-state index contributed by atoms with van der Waals surface area (Å²) in [7, 11) is 0. The fraction of sp³-hybridized carbons (Fsp3) is 0.727. The lowest BCUT2D eigenvalue weighted by atomic mass is 10.1. The quantitative estimate of drug-likeness (QED) is 0.577. The average molecular weight is 198 g/mol. The molecule has 0 saturated carbocycles. The van der Waals surface area contributed by atoms with E-state index in [1.807, 2.05) is 0 Å². The summed E-state index contributed by atoms with van der Waals surface area (Å²) in [5.74, 6) is 0.681. The van der Waals surface area contributed by atoms with Crippen molar-refractivity contribution in [2.75, 3.05) is 19.6 Å². The molecule has 0 saturated heterocycles. The van der Waals surface area contributed by atoms with E-state index in [2.05, 4.69) is 31.1 Å². The molecule has 3 nitrogen and oxygen atoms in total. The van der Waals surface area contributed by atoms with Crippen molar-refractivity contribution in [3.8, 4) is 0 Å². The van der Waals surface area contributed by atoms with Gasteiger partial charge in [0.1, 0.15) is 0 Å². The molecule has 0 rings (SSSR count). The first-order chi connectivity index (χ1) is 6.70. The number of carbonyl (C=O) groups is 1. The average Bonchev–Trinajstić information content (AvgIpc) is 2.15. The molecule has 2 N–H and O–H groups in total. The van der Waals surface area contributed by atoms with Gasteiger partial charge in [-0.1, -0.05) is 26.3 Å². The second-order valence-electron chi connectivity index (χ2n) is 3.62. The summed E-state index contributed by atoms with van der Waals surface area (Å²) in [5.41, 5.74) is 0. The maximum absolute atomic E-state index is 11.1. The van der Waals surface area contributed by atoms with E-state index in [0.29, 0.717) is 19.0 Å². The van der Waals surface area contributed by atoms with Gasteiger partial charge in [-0.05, 0) is 18.9 Å². The summed E-state index contributed by atoms with van der Waals surface area (Å²) in [6, 6.07) is 0. The molecule has 1 amide bonds. The van der Waals surface area contributed by atoms with E-state index in [0.717, 1.165) is 6.54 Å². The molecule has 1 atom stereocenters. The van der Waals surface area contributed by atoms with Crippen LogP contribution < -0.4 is 10.6 Å². The number of rotatable bonds is 8. The molecule has 14 heavy (non-hydrogen) atoms. The number of hydrogen-bond acceptors (Lipinski definition) is 2. The van der Waals surface area contributed by atoms with Gasteiger partial charge in [0, 0.05) is 6.54 Å². The summed E-state index contributed by atoms with van der Waals surface area (Å²) in [6.45, 7) is 9.76. The summed E-state index contributed by atoms with van der Waals surface area (Å²) in [4.78, 5) is 11.1. The highest BCUT2D eigenvalue weighted by Gasteiger charge is 2.02. The van der Waals surface area contributed by atoms with Crippen molar-refractivity contribution in [2.45, 2.75) is 26.7 Å². The van der Waals surface area contributed by atoms with Gasteiger partial charge in [-0.15, -0.1) is 6.58 Å². The predicted octanol–water partition coefficient (Wildman–Crippen LogP) is 1.31. The smallest absolute Gasteiger partial charge is 0.234 e. The summed E-state index contributed by atoms with van der Waals surface area (Å²) < 4.78 is 0. The van der Waals surface area contributed by atoms with Gasteiger partial charge >= 0.3 is 0 Å². The first-order valence-electron chi connectivity index (χ1n) is 5.29. The Kier molecular flexibility index (Phi) is 8.24. The van der Waals surface area contributed by atoms with E-state index in [9.17, 15) is 4.79 Å². The van der Waals surface area contributed by atoms with E-state index in [4.69, 9.17) is 0 Å². The molecular formula is C11H22N2O. The third kappa shape index (κ3) is 7.80. The number of amides is 1. The molecular weight excluding hydrogens is 176 g/mol. The van der Waals surface area contributed by atoms with Crippen LogP contribution in [0.5, 0.6) is 0 Å². The number of nitrogens with one attached hydrogen (secondary N) is 2. The van der Waals surface area contributed by atoms with Gasteiger partial charge < -0.3 is 10.6 Å². The molecule has 82 valence electrons. The Morgan fingerprint density at radius 3 is 2.86 bits per heavy atom. The van der Waals surface area contributed by atoms with Crippen LogP contribution in [-0.4, -0.2) is 25.5 Å². The zero-order valence-electron chi connectivity index (χ0n) is 9.31. The normalized spacial score (nSPS) is 12.1. The molecule has 0 aliphatic heterocycles. The Morgan fingerprint density at radius 2 is 2.29 bits per heavy atom. The van der Waals surface area contributed by atoms with Crippen LogP contribution >= 0.6 is 0 Å². The zero-order valence-corrected chi connectivity index (χ0v) is 9.31. The maximum atomic E-state index is 11.1. The Bertz CT molecular complexity index is 169. The Hall–Kier alpha value is -0.830. The number of carbonyl (C=O) groups excluding carboxylic acids is 1. The van der Waals surface area contributed by atoms with E-state index < -0.39 is 0 Å². The Morgan fingerprint density at radius 1 is 1.57 bits per heavy atom. The van der Waals surface area contributed by atoms with Crippen LogP contribution in [0.25, 0.3) is 0 Å². The van der Waals surface area contributed by atoms with Crippen LogP contribution in [0, 0.1) is 5.92 Å². The maximum Gasteiger partial charge on any atom is 0.234 e. The molecule has 0 fully saturated rings. The highest BCUT2D eigenvalue weighted by molar-refractivity contribution is 5.78. The van der Waals surface area contributed by atoms with Crippen LogP contribution in [0.15, 0.2) is 12.7 Å². The van der Waals surface area contributed by atoms with Gasteiger partial charge in [0.2, 0.25) is 5.91 Å². The second kappa shape index (κ2) is 8.75. The van der Waals surface area contributed by atoms with Crippen molar-refractivity contribution in [3.63, 3.8) is 0 Å². The monoisotopic (exact) mass is 198 g/mol. The van der Waals surface area contributed by atoms with Crippen molar-refractivity contribution >= 4 is 5.91 Å². The van der Waals surface area contributed by atoms with Gasteiger partial charge in [0.05, 0.1) is 6.54 Å². The molecule has 0 bridgehead atoms. The second-order valence-corrected chi connectivity index (χ2v) is 3.62. The van der Waals surface area contributed by atoms with Crippen LogP contribution in [0.1, 0.15) is 26.7 Å². The SMILES string of the molecule is C=CCNC(=O)CNCC(C)CCC. The highest BCUT2D eigenvalue weighted by Crippen LogP contribution is 2.01. The van der Waals surface area contributed by atoms with Crippen molar-refractivity contribution in [1.82, 2.24) is 10.6 Å². The summed E-state index contributed by atoms with van der Waals surface area (Å²) in [5, 5.41) is 5.85. The Balaban J connectivity index is 3.34. The lowest BCUT2D eigenvalue weighted by molar-refractivity contribution is -0.120. The minimum atomic E-state index is 0.0357. The minimum absolute atomic E-state index is 0.0357. The van der Waals surface area contributed by atoms with Crippen LogP contribution in [0.2, 0.25) is 0 Å². The lowest BCUT2D eigenvalue weighted by Gasteiger charge is -2.10. The van der Waals surface area contributed by atoms with Gasteiger partial charge in [-0.25, -0.2) is 0 Å². The predicted molar refractivity (Wildman–Crippen MR) is 60.1 cm³/mol. The zero-order chi connectivity index (χ0) is 10.8. The summed E-state index contributed by atoms with van der Waals surface area (Å²) in [6.07, 6.45) is 4.09. The van der Waals surface area contributed by atoms with Gasteiger partial charge in [-0.3, -0.25) is 4.79 Å². The van der Waals surface area contributed by atoms with E-state index in [1.165, 1.54) is 12.8 Å². The molecule has 0 heterocycles. The summed E-state index contributed by atoms with van der Waals surface area (Å²) >= 11 is 0. The third-order valence-corrected chi connectivity index (χ3v) is 2.00. The largest absolute Gasteiger partial charge is 0.352 e. The van der Waals surface area contributed by atoms with Crippen molar-refractivity contribution in [3.05, 3.63) is 12.7 Å². The fourth-order valence-electron chi connectivity index (χ4n) is 1.28. The first-order valence-corrected chi connectivity index (χ1v) is 5.29. The van der Waals surface area contributed by atoms with E-state index >= 15 is 0 Å². The van der Waals surface area contributed by atoms with Crippen molar-refractivity contribution in [2.24, 2.45) is 5.92 Å². The standard InChI is InChI=1S/C11H22N2O/c1-4-6-10(3)8-12-9-11(14)13-7-5-2/h5,10,12H,2,4,6-9H2,1,3H3,(H,13,14). The van der Waals surface area contributed by atoms with Gasteiger partial charge in [-0.2, -0.15) is 0 Å². The molecule has 0 aromatic carbocycles. The van der Waals surface area contributed by atoms with E-state index in [-0.39, 0.29) is 5.91 Å². The molecule has 0 radical (unpaired) electrons. The lowest BCUT2D eigenvalue weighted by Crippen LogP contribution is -2.35. The minimum Gasteiger partial charge on any atom is -0.352 e. The van der Waals surface area contributed by atoms with Crippen molar-refractivity contribution < 1.29 is 4.79 Å². The molecule has 0 spiro atoms. The van der Waals surface area contributed by atoms with E-state index in [1.54, 1.807) is 6.08 Å². The van der Waals surface area contributed by atoms with Crippen LogP contribution in [-0.2, 0) is 4.79 Å². The molecule has 0 aliphatic carbocycles. The fourth-order valence-corrected chi connectivity index (χ4v) is 1.28. The molecule has 0 aromatic heterocycles. The topological polar surface area (TPSA) is 41.1 Å². The van der Waals surface area contributed by atoms with Crippen LogP contribution in [0.3, 0.4) is 0 Å². The molecule has 3 heteroatoms. The molecule has 1 unspecified atom stereocenters. The Labute approximate surface area is 87.0 Å². The number of hydrogen-bond donors (Lipinski definition) is 2.